The Kier molecular flexibility index (Phi) is 10.5. The highest BCUT2D eigenvalue weighted by molar-refractivity contribution is 7.92. The molecule has 0 aliphatic heterocycles. The van der Waals surface area contributed by atoms with E-state index in [9.17, 15) is 22.8 Å². The van der Waals surface area contributed by atoms with Gasteiger partial charge in [-0.3, -0.25) is 29.4 Å². The van der Waals surface area contributed by atoms with E-state index < -0.39 is 34.2 Å². The third-order valence-corrected chi connectivity index (χ3v) is 8.42. The van der Waals surface area contributed by atoms with Gasteiger partial charge in [-0.25, -0.2) is 13.8 Å². The minimum absolute atomic E-state index is 0.00933. The maximum Gasteiger partial charge on any atom is 0.264 e. The van der Waals surface area contributed by atoms with E-state index in [0.29, 0.717) is 21.9 Å². The number of nitriles is 1. The maximum atomic E-state index is 13.2. The number of hydrogen-bond acceptors (Lipinski definition) is 10. The fourth-order valence-electron chi connectivity index (χ4n) is 3.72. The Balaban J connectivity index is 1.29. The zero-order chi connectivity index (χ0) is 30.7. The van der Waals surface area contributed by atoms with Crippen molar-refractivity contribution >= 4 is 55.6 Å². The number of hydrogen-bond donors (Lipinski definition) is 4. The minimum atomic E-state index is -3.89. The van der Waals surface area contributed by atoms with Crippen LogP contribution in [0.1, 0.15) is 12.8 Å². The van der Waals surface area contributed by atoms with Crippen LogP contribution in [0.25, 0.3) is 10.6 Å². The molecule has 4 N–H and O–H groups in total. The first-order chi connectivity index (χ1) is 20.8. The topological polar surface area (TPSA) is 186 Å². The number of rotatable bonds is 13. The van der Waals surface area contributed by atoms with Crippen LogP contribution in [0.4, 0.5) is 16.5 Å². The van der Waals surface area contributed by atoms with Crippen molar-refractivity contribution in [3.63, 3.8) is 0 Å². The average Bonchev–Trinajstić information content (AvgIpc) is 3.46. The largest absolute Gasteiger partial charge is 0.326 e. The molecule has 3 aromatic carbocycles. The predicted octanol–water partition coefficient (Wildman–Crippen LogP) is 2.90. The molecule has 13 nitrogen and oxygen atoms in total. The van der Waals surface area contributed by atoms with E-state index in [2.05, 4.69) is 31.7 Å². The number of aromatic nitrogens is 2. The van der Waals surface area contributed by atoms with Crippen LogP contribution >= 0.6 is 11.3 Å². The van der Waals surface area contributed by atoms with Crippen molar-refractivity contribution in [2.24, 2.45) is 0 Å². The van der Waals surface area contributed by atoms with Crippen molar-refractivity contribution in [3.05, 3.63) is 84.9 Å². The molecule has 0 spiro atoms. The van der Waals surface area contributed by atoms with E-state index in [0.717, 1.165) is 11.3 Å². The Hall–Kier alpha value is -5.17. The standard InChI is InChI=1S/C28H26N8O5S2/c29-16-7-17-36(43(40,41)23-10-5-2-6-11-23)22-14-12-20(13-15-22)27-34-35-28(42-27)32-26(39)19-30-33-25(38)18-24(37)31-21-8-3-1-4-9-21/h1-6,8-15,30H,7,17-19H2,(H,31,37)(H,33,38)(H,32,35,39). The quantitative estimate of drug-likeness (QED) is 0.129. The molecule has 0 aliphatic carbocycles. The first kappa shape index (κ1) is 30.8. The molecule has 4 aromatic rings. The zero-order valence-corrected chi connectivity index (χ0v) is 24.2. The highest BCUT2D eigenvalue weighted by Gasteiger charge is 2.24. The van der Waals surface area contributed by atoms with Crippen LogP contribution in [0.5, 0.6) is 0 Å². The van der Waals surface area contributed by atoms with E-state index in [1.165, 1.54) is 16.4 Å². The van der Waals surface area contributed by atoms with Crippen molar-refractivity contribution in [1.29, 1.82) is 5.26 Å². The van der Waals surface area contributed by atoms with E-state index in [1.807, 2.05) is 6.07 Å². The number of anilines is 3. The molecule has 0 radical (unpaired) electrons. The number of nitrogens with zero attached hydrogens (tertiary/aromatic N) is 4. The molecule has 1 heterocycles. The van der Waals surface area contributed by atoms with Gasteiger partial charge in [0.15, 0.2) is 0 Å². The van der Waals surface area contributed by atoms with E-state index >= 15 is 0 Å². The first-order valence-electron chi connectivity index (χ1n) is 12.8. The van der Waals surface area contributed by atoms with Gasteiger partial charge in [0.05, 0.1) is 29.6 Å². The van der Waals surface area contributed by atoms with Crippen LogP contribution < -0.4 is 25.8 Å². The zero-order valence-electron chi connectivity index (χ0n) is 22.6. The Labute approximate surface area is 251 Å². The lowest BCUT2D eigenvalue weighted by Gasteiger charge is -2.23. The number of carbonyl (C=O) groups excluding carboxylic acids is 3. The van der Waals surface area contributed by atoms with Crippen LogP contribution in [0.2, 0.25) is 0 Å². The van der Waals surface area contributed by atoms with Gasteiger partial charge in [-0.15, -0.1) is 10.2 Å². The maximum absolute atomic E-state index is 13.2. The second-order valence-electron chi connectivity index (χ2n) is 8.80. The van der Waals surface area contributed by atoms with Gasteiger partial charge in [0.25, 0.3) is 10.0 Å². The number of hydrazine groups is 1. The predicted molar refractivity (Wildman–Crippen MR) is 161 cm³/mol. The second-order valence-corrected chi connectivity index (χ2v) is 11.6. The van der Waals surface area contributed by atoms with Crippen molar-refractivity contribution in [2.75, 3.05) is 28.0 Å². The average molecular weight is 619 g/mol. The van der Waals surface area contributed by atoms with Crippen LogP contribution in [0.15, 0.2) is 89.8 Å². The summed E-state index contributed by atoms with van der Waals surface area (Å²) in [6, 6.07) is 25.2. The summed E-state index contributed by atoms with van der Waals surface area (Å²) >= 11 is 1.10. The van der Waals surface area contributed by atoms with Gasteiger partial charge in [0.1, 0.15) is 11.4 Å². The van der Waals surface area contributed by atoms with Gasteiger partial charge < -0.3 is 5.32 Å². The Morgan fingerprint density at radius 2 is 1.51 bits per heavy atom. The monoisotopic (exact) mass is 618 g/mol. The van der Waals surface area contributed by atoms with Crippen molar-refractivity contribution in [2.45, 2.75) is 17.7 Å². The molecule has 0 saturated carbocycles. The summed E-state index contributed by atoms with van der Waals surface area (Å²) in [6.07, 6.45) is -0.425. The second kappa shape index (κ2) is 14.6. The van der Waals surface area contributed by atoms with E-state index in [-0.39, 0.29) is 29.5 Å². The summed E-state index contributed by atoms with van der Waals surface area (Å²) in [5.74, 6) is -1.63. The number of para-hydroxylation sites is 1. The Bertz CT molecular complexity index is 1710. The normalized spacial score (nSPS) is 10.8. The summed E-state index contributed by atoms with van der Waals surface area (Å²) < 4.78 is 27.7. The van der Waals surface area contributed by atoms with Crippen molar-refractivity contribution < 1.29 is 22.8 Å². The SMILES string of the molecule is N#CCCN(c1ccc(-c2nnc(NC(=O)CNNC(=O)CC(=O)Nc3ccccc3)s2)cc1)S(=O)(=O)c1ccccc1. The van der Waals surface area contributed by atoms with Crippen LogP contribution in [-0.4, -0.2) is 49.4 Å². The smallest absolute Gasteiger partial charge is 0.264 e. The lowest BCUT2D eigenvalue weighted by atomic mass is 10.2. The van der Waals surface area contributed by atoms with Gasteiger partial charge in [0, 0.05) is 17.8 Å². The minimum Gasteiger partial charge on any atom is -0.326 e. The number of amides is 3. The van der Waals surface area contributed by atoms with Gasteiger partial charge in [-0.1, -0.05) is 47.7 Å². The molecule has 0 aliphatic rings. The van der Waals surface area contributed by atoms with Gasteiger partial charge in [-0.2, -0.15) is 5.26 Å². The Morgan fingerprint density at radius 3 is 2.19 bits per heavy atom. The van der Waals surface area contributed by atoms with Gasteiger partial charge >= 0.3 is 0 Å². The molecule has 3 amide bonds. The fraction of sp³-hybridized carbons (Fsp3) is 0.143. The number of sulfonamides is 1. The molecule has 0 bridgehead atoms. The first-order valence-corrected chi connectivity index (χ1v) is 15.1. The molecule has 1 aromatic heterocycles. The molecular formula is C28H26N8O5S2. The molecule has 0 unspecified atom stereocenters. The number of nitrogens with one attached hydrogen (secondary N) is 4. The summed E-state index contributed by atoms with van der Waals surface area (Å²) in [6.45, 7) is -0.304. The third kappa shape index (κ3) is 8.66. The molecule has 0 fully saturated rings. The molecular weight excluding hydrogens is 592 g/mol. The molecule has 43 heavy (non-hydrogen) atoms. The molecule has 0 atom stereocenters. The van der Waals surface area contributed by atoms with Crippen LogP contribution in [0.3, 0.4) is 0 Å². The lowest BCUT2D eigenvalue weighted by Crippen LogP contribution is -2.43. The van der Waals surface area contributed by atoms with Crippen molar-refractivity contribution in [1.82, 2.24) is 21.0 Å². The molecule has 0 saturated heterocycles. The number of benzene rings is 3. The molecule has 220 valence electrons. The third-order valence-electron chi connectivity index (χ3n) is 5.69. The van der Waals surface area contributed by atoms with E-state index in [4.69, 9.17) is 5.26 Å². The van der Waals surface area contributed by atoms with Gasteiger partial charge in [-0.05, 0) is 48.5 Å². The highest BCUT2D eigenvalue weighted by atomic mass is 32.2. The fourth-order valence-corrected chi connectivity index (χ4v) is 5.97. The summed E-state index contributed by atoms with van der Waals surface area (Å²) in [4.78, 5) is 36.3. The highest BCUT2D eigenvalue weighted by Crippen LogP contribution is 2.30. The number of carbonyl (C=O) groups is 3. The Morgan fingerprint density at radius 1 is 0.837 bits per heavy atom. The molecule has 4 rings (SSSR count). The lowest BCUT2D eigenvalue weighted by molar-refractivity contribution is -0.127. The van der Waals surface area contributed by atoms with Crippen molar-refractivity contribution in [3.8, 4) is 16.6 Å². The summed E-state index contributed by atoms with van der Waals surface area (Å²) in [5.41, 5.74) is 6.33. The summed E-state index contributed by atoms with van der Waals surface area (Å²) in [5, 5.41) is 22.9. The van der Waals surface area contributed by atoms with E-state index in [1.54, 1.807) is 72.8 Å². The van der Waals surface area contributed by atoms with Crippen LogP contribution in [-0.2, 0) is 24.4 Å². The molecule has 15 heteroatoms. The van der Waals surface area contributed by atoms with Gasteiger partial charge in [0.2, 0.25) is 22.9 Å². The van der Waals surface area contributed by atoms with Crippen LogP contribution in [0, 0.1) is 11.3 Å². The summed E-state index contributed by atoms with van der Waals surface area (Å²) in [7, 11) is -3.89.